The third-order valence-electron chi connectivity index (χ3n) is 4.87. The van der Waals surface area contributed by atoms with E-state index in [1.165, 1.54) is 55.7 Å². The first-order valence-corrected chi connectivity index (χ1v) is 8.76. The Morgan fingerprint density at radius 1 is 1.19 bits per heavy atom. The number of rotatable bonds is 8. The van der Waals surface area contributed by atoms with Gasteiger partial charge in [-0.15, -0.1) is 0 Å². The fraction of sp³-hybridized carbons (Fsp3) is 0.722. The highest BCUT2D eigenvalue weighted by molar-refractivity contribution is 5.43. The van der Waals surface area contributed by atoms with Crippen LogP contribution in [0.1, 0.15) is 57.2 Å². The molecule has 2 saturated carbocycles. The number of hydrogen-bond donors (Lipinski definition) is 1. The van der Waals surface area contributed by atoms with E-state index in [0.29, 0.717) is 0 Å². The van der Waals surface area contributed by atoms with Crippen LogP contribution in [-0.2, 0) is 13.0 Å². The molecule has 1 aromatic heterocycles. The van der Waals surface area contributed by atoms with E-state index < -0.39 is 0 Å². The van der Waals surface area contributed by atoms with Crippen LogP contribution in [0.2, 0.25) is 0 Å². The maximum atomic E-state index is 4.88. The molecule has 0 aromatic carbocycles. The minimum atomic E-state index is 0.768. The number of anilines is 1. The lowest BCUT2D eigenvalue weighted by Crippen LogP contribution is -2.33. The summed E-state index contributed by atoms with van der Waals surface area (Å²) in [6, 6.07) is 5.34. The molecule has 0 radical (unpaired) electrons. The standard InChI is InChI=1S/C18H29N3/c1-3-16-10-15(12-19-17-8-9-17)11-18(20-16)21(4-2)13-14-6-5-7-14/h10-11,14,17,19H,3-9,12-13H2,1-2H3. The Morgan fingerprint density at radius 3 is 2.57 bits per heavy atom. The van der Waals surface area contributed by atoms with E-state index in [1.807, 2.05) is 0 Å². The van der Waals surface area contributed by atoms with Gasteiger partial charge in [-0.25, -0.2) is 4.98 Å². The minimum Gasteiger partial charge on any atom is -0.357 e. The van der Waals surface area contributed by atoms with Crippen molar-refractivity contribution in [2.75, 3.05) is 18.0 Å². The Balaban J connectivity index is 1.71. The van der Waals surface area contributed by atoms with Crippen molar-refractivity contribution in [3.8, 4) is 0 Å². The van der Waals surface area contributed by atoms with E-state index in [0.717, 1.165) is 31.5 Å². The quantitative estimate of drug-likeness (QED) is 0.793. The van der Waals surface area contributed by atoms with Gasteiger partial charge >= 0.3 is 0 Å². The van der Waals surface area contributed by atoms with Crippen LogP contribution in [0.25, 0.3) is 0 Å². The largest absolute Gasteiger partial charge is 0.357 e. The molecule has 1 aromatic rings. The van der Waals surface area contributed by atoms with E-state index in [-0.39, 0.29) is 0 Å². The van der Waals surface area contributed by atoms with Crippen molar-refractivity contribution in [3.05, 3.63) is 23.4 Å². The molecule has 2 aliphatic rings. The molecule has 0 bridgehead atoms. The zero-order valence-electron chi connectivity index (χ0n) is 13.6. The zero-order chi connectivity index (χ0) is 14.7. The smallest absolute Gasteiger partial charge is 0.129 e. The normalized spacial score (nSPS) is 18.6. The van der Waals surface area contributed by atoms with E-state index in [4.69, 9.17) is 4.98 Å². The highest BCUT2D eigenvalue weighted by Crippen LogP contribution is 2.29. The van der Waals surface area contributed by atoms with E-state index >= 15 is 0 Å². The maximum absolute atomic E-state index is 4.88. The van der Waals surface area contributed by atoms with Crippen LogP contribution in [0, 0.1) is 5.92 Å². The van der Waals surface area contributed by atoms with Gasteiger partial charge in [0, 0.05) is 31.4 Å². The van der Waals surface area contributed by atoms with Crippen molar-refractivity contribution in [3.63, 3.8) is 0 Å². The fourth-order valence-corrected chi connectivity index (χ4v) is 3.00. The molecule has 0 aliphatic heterocycles. The molecular weight excluding hydrogens is 258 g/mol. The van der Waals surface area contributed by atoms with Gasteiger partial charge in [0.1, 0.15) is 5.82 Å². The van der Waals surface area contributed by atoms with Crippen LogP contribution in [0.4, 0.5) is 5.82 Å². The molecule has 0 unspecified atom stereocenters. The first-order valence-electron chi connectivity index (χ1n) is 8.76. The molecule has 1 heterocycles. The highest BCUT2D eigenvalue weighted by Gasteiger charge is 2.22. The number of nitrogens with zero attached hydrogens (tertiary/aromatic N) is 2. The Bertz CT molecular complexity index is 464. The van der Waals surface area contributed by atoms with Crippen molar-refractivity contribution in [1.29, 1.82) is 0 Å². The molecule has 0 atom stereocenters. The van der Waals surface area contributed by atoms with E-state index in [2.05, 4.69) is 36.2 Å². The molecule has 2 fully saturated rings. The summed E-state index contributed by atoms with van der Waals surface area (Å²) in [6.45, 7) is 7.69. The van der Waals surface area contributed by atoms with Gasteiger partial charge in [-0.2, -0.15) is 0 Å². The predicted molar refractivity (Wildman–Crippen MR) is 88.7 cm³/mol. The van der Waals surface area contributed by atoms with Crippen LogP contribution in [-0.4, -0.2) is 24.1 Å². The summed E-state index contributed by atoms with van der Waals surface area (Å²) in [5.41, 5.74) is 2.63. The average molecular weight is 287 g/mol. The Morgan fingerprint density at radius 2 is 2.00 bits per heavy atom. The Kier molecular flexibility index (Phi) is 4.79. The molecule has 3 rings (SSSR count). The maximum Gasteiger partial charge on any atom is 0.129 e. The van der Waals surface area contributed by atoms with Gasteiger partial charge in [-0.3, -0.25) is 0 Å². The molecule has 2 aliphatic carbocycles. The molecule has 3 heteroatoms. The molecule has 21 heavy (non-hydrogen) atoms. The molecule has 0 amide bonds. The summed E-state index contributed by atoms with van der Waals surface area (Å²) in [4.78, 5) is 7.35. The fourth-order valence-electron chi connectivity index (χ4n) is 3.00. The van der Waals surface area contributed by atoms with E-state index in [1.54, 1.807) is 0 Å². The summed E-state index contributed by atoms with van der Waals surface area (Å²) in [6.07, 6.45) is 7.94. The predicted octanol–water partition coefficient (Wildman–Crippen LogP) is 3.52. The van der Waals surface area contributed by atoms with Crippen LogP contribution < -0.4 is 10.2 Å². The Hall–Kier alpha value is -1.09. The van der Waals surface area contributed by atoms with Crippen LogP contribution in [0.15, 0.2) is 12.1 Å². The highest BCUT2D eigenvalue weighted by atomic mass is 15.2. The second-order valence-corrected chi connectivity index (χ2v) is 6.67. The van der Waals surface area contributed by atoms with Crippen LogP contribution >= 0.6 is 0 Å². The van der Waals surface area contributed by atoms with Gasteiger partial charge in [-0.05, 0) is 62.6 Å². The number of aromatic nitrogens is 1. The third-order valence-corrected chi connectivity index (χ3v) is 4.87. The summed E-state index contributed by atoms with van der Waals surface area (Å²) in [5, 5.41) is 3.63. The number of aryl methyl sites for hydroxylation is 1. The topological polar surface area (TPSA) is 28.2 Å². The van der Waals surface area contributed by atoms with Crippen molar-refractivity contribution in [1.82, 2.24) is 10.3 Å². The summed E-state index contributed by atoms with van der Waals surface area (Å²) in [5.74, 6) is 2.08. The average Bonchev–Trinajstić information content (AvgIpc) is 3.28. The first-order chi connectivity index (χ1) is 10.3. The zero-order valence-corrected chi connectivity index (χ0v) is 13.6. The van der Waals surface area contributed by atoms with Gasteiger partial charge in [0.05, 0.1) is 0 Å². The van der Waals surface area contributed by atoms with Gasteiger partial charge in [0.25, 0.3) is 0 Å². The van der Waals surface area contributed by atoms with Crippen molar-refractivity contribution in [2.45, 2.75) is 65.0 Å². The summed E-state index contributed by atoms with van der Waals surface area (Å²) in [7, 11) is 0. The van der Waals surface area contributed by atoms with Crippen molar-refractivity contribution >= 4 is 5.82 Å². The number of nitrogens with one attached hydrogen (secondary N) is 1. The number of pyridine rings is 1. The molecule has 1 N–H and O–H groups in total. The second kappa shape index (κ2) is 6.78. The SMILES string of the molecule is CCc1cc(CNC2CC2)cc(N(CC)CC2CCC2)n1. The lowest BCUT2D eigenvalue weighted by atomic mass is 9.85. The van der Waals surface area contributed by atoms with Gasteiger partial charge in [0.15, 0.2) is 0 Å². The minimum absolute atomic E-state index is 0.768. The van der Waals surface area contributed by atoms with Crippen molar-refractivity contribution < 1.29 is 0 Å². The molecule has 3 nitrogen and oxygen atoms in total. The summed E-state index contributed by atoms with van der Waals surface area (Å²) < 4.78 is 0. The molecule has 116 valence electrons. The van der Waals surface area contributed by atoms with Gasteiger partial charge in [-0.1, -0.05) is 13.3 Å². The molecule has 0 saturated heterocycles. The lowest BCUT2D eigenvalue weighted by molar-refractivity contribution is 0.318. The first kappa shape index (κ1) is 14.8. The van der Waals surface area contributed by atoms with Gasteiger partial charge < -0.3 is 10.2 Å². The molecule has 0 spiro atoms. The monoisotopic (exact) mass is 287 g/mol. The van der Waals surface area contributed by atoms with Crippen molar-refractivity contribution in [2.24, 2.45) is 5.92 Å². The van der Waals surface area contributed by atoms with E-state index in [9.17, 15) is 0 Å². The van der Waals surface area contributed by atoms with Gasteiger partial charge in [0.2, 0.25) is 0 Å². The molecular formula is C18H29N3. The summed E-state index contributed by atoms with van der Waals surface area (Å²) >= 11 is 0. The third kappa shape index (κ3) is 3.97. The Labute approximate surface area is 129 Å². The lowest BCUT2D eigenvalue weighted by Gasteiger charge is -2.32. The van der Waals surface area contributed by atoms with Crippen LogP contribution in [0.5, 0.6) is 0 Å². The van der Waals surface area contributed by atoms with Crippen LogP contribution in [0.3, 0.4) is 0 Å². The second-order valence-electron chi connectivity index (χ2n) is 6.67. The number of hydrogen-bond acceptors (Lipinski definition) is 3.